The molecule has 1 N–H and O–H groups in total. The van der Waals surface area contributed by atoms with E-state index >= 15 is 0 Å². The Morgan fingerprint density at radius 3 is 2.43 bits per heavy atom. The zero-order valence-electron chi connectivity index (χ0n) is 11.7. The molecule has 1 amide bonds. The number of amides is 1. The summed E-state index contributed by atoms with van der Waals surface area (Å²) in [4.78, 5) is 23.7. The maximum absolute atomic E-state index is 11.9. The van der Waals surface area contributed by atoms with Gasteiger partial charge in [-0.3, -0.25) is 4.79 Å². The lowest BCUT2D eigenvalue weighted by Crippen LogP contribution is -2.13. The number of nitrogens with one attached hydrogen (secondary N) is 1. The summed E-state index contributed by atoms with van der Waals surface area (Å²) >= 11 is 1.18. The van der Waals surface area contributed by atoms with E-state index in [1.807, 2.05) is 24.3 Å². The molecule has 110 valence electrons. The van der Waals surface area contributed by atoms with Crippen molar-refractivity contribution in [2.24, 2.45) is 0 Å². The minimum absolute atomic E-state index is 0.140. The van der Waals surface area contributed by atoms with Gasteiger partial charge in [0.2, 0.25) is 5.91 Å². The molecular weight excluding hydrogens is 290 g/mol. The zero-order valence-corrected chi connectivity index (χ0v) is 12.5. The van der Waals surface area contributed by atoms with Gasteiger partial charge in [0.15, 0.2) is 0 Å². The Labute approximate surface area is 126 Å². The molecule has 0 spiro atoms. The van der Waals surface area contributed by atoms with Crippen LogP contribution in [-0.4, -0.2) is 26.1 Å². The van der Waals surface area contributed by atoms with Crippen LogP contribution in [0.25, 0.3) is 0 Å². The maximum Gasteiger partial charge on any atom is 0.348 e. The Hall–Kier alpha value is -2.34. The summed E-state index contributed by atoms with van der Waals surface area (Å²) in [6.45, 7) is 0. The first kappa shape index (κ1) is 15.1. The van der Waals surface area contributed by atoms with Crippen molar-refractivity contribution < 1.29 is 19.1 Å². The smallest absolute Gasteiger partial charge is 0.348 e. The highest BCUT2D eigenvalue weighted by Crippen LogP contribution is 2.22. The van der Waals surface area contributed by atoms with Crippen LogP contribution < -0.4 is 10.1 Å². The van der Waals surface area contributed by atoms with Gasteiger partial charge in [0.1, 0.15) is 10.6 Å². The van der Waals surface area contributed by atoms with Crippen LogP contribution in [0, 0.1) is 0 Å². The minimum Gasteiger partial charge on any atom is -0.497 e. The van der Waals surface area contributed by atoms with E-state index in [9.17, 15) is 9.59 Å². The molecular formula is C15H15NO4S. The first-order valence-corrected chi connectivity index (χ1v) is 7.05. The number of hydrogen-bond donors (Lipinski definition) is 1. The molecule has 0 saturated heterocycles. The van der Waals surface area contributed by atoms with E-state index < -0.39 is 5.97 Å². The lowest BCUT2D eigenvalue weighted by atomic mass is 10.1. The molecule has 2 aromatic rings. The van der Waals surface area contributed by atoms with Crippen molar-refractivity contribution in [2.75, 3.05) is 19.5 Å². The Balaban J connectivity index is 1.94. The second kappa shape index (κ2) is 6.90. The quantitative estimate of drug-likeness (QED) is 0.863. The molecule has 0 aliphatic heterocycles. The van der Waals surface area contributed by atoms with Gasteiger partial charge in [-0.2, -0.15) is 0 Å². The Morgan fingerprint density at radius 2 is 1.81 bits per heavy atom. The summed E-state index contributed by atoms with van der Waals surface area (Å²) in [5.41, 5.74) is 0.887. The third kappa shape index (κ3) is 4.06. The highest BCUT2D eigenvalue weighted by Gasteiger charge is 2.11. The number of carbonyl (C=O) groups is 2. The molecule has 1 aromatic carbocycles. The highest BCUT2D eigenvalue weighted by atomic mass is 32.1. The summed E-state index contributed by atoms with van der Waals surface area (Å²) in [6, 6.07) is 10.6. The van der Waals surface area contributed by atoms with Crippen LogP contribution in [0.5, 0.6) is 5.75 Å². The van der Waals surface area contributed by atoms with Crippen LogP contribution in [-0.2, 0) is 16.0 Å². The predicted molar refractivity (Wildman–Crippen MR) is 81.0 cm³/mol. The van der Waals surface area contributed by atoms with E-state index in [1.54, 1.807) is 19.2 Å². The number of ether oxygens (including phenoxy) is 2. The van der Waals surface area contributed by atoms with Gasteiger partial charge in [-0.25, -0.2) is 4.79 Å². The number of benzene rings is 1. The summed E-state index contributed by atoms with van der Waals surface area (Å²) < 4.78 is 9.68. The molecule has 0 fully saturated rings. The number of rotatable bonds is 5. The van der Waals surface area contributed by atoms with Gasteiger partial charge in [0.25, 0.3) is 0 Å². The van der Waals surface area contributed by atoms with E-state index in [0.29, 0.717) is 9.88 Å². The second-order valence-electron chi connectivity index (χ2n) is 4.23. The maximum atomic E-state index is 11.9. The van der Waals surface area contributed by atoms with Gasteiger partial charge in [-0.05, 0) is 29.8 Å². The second-order valence-corrected chi connectivity index (χ2v) is 5.31. The van der Waals surface area contributed by atoms with Crippen LogP contribution in [0.3, 0.4) is 0 Å². The van der Waals surface area contributed by atoms with E-state index in [-0.39, 0.29) is 12.3 Å². The predicted octanol–water partition coefficient (Wildman–Crippen LogP) is 2.72. The Kier molecular flexibility index (Phi) is 4.94. The molecule has 1 aromatic heterocycles. The number of methoxy groups -OCH3 is 2. The molecule has 6 heteroatoms. The van der Waals surface area contributed by atoms with E-state index in [4.69, 9.17) is 4.74 Å². The minimum atomic E-state index is -0.407. The van der Waals surface area contributed by atoms with Crippen LogP contribution in [0.4, 0.5) is 5.00 Å². The lowest BCUT2D eigenvalue weighted by Gasteiger charge is -2.04. The molecule has 1 heterocycles. The van der Waals surface area contributed by atoms with Crippen LogP contribution in [0.15, 0.2) is 36.4 Å². The number of esters is 1. The van der Waals surface area contributed by atoms with Crippen molar-refractivity contribution in [3.63, 3.8) is 0 Å². The monoisotopic (exact) mass is 305 g/mol. The normalized spacial score (nSPS) is 10.0. The van der Waals surface area contributed by atoms with Crippen LogP contribution in [0.2, 0.25) is 0 Å². The highest BCUT2D eigenvalue weighted by molar-refractivity contribution is 7.18. The van der Waals surface area contributed by atoms with Crippen molar-refractivity contribution in [1.29, 1.82) is 0 Å². The van der Waals surface area contributed by atoms with Crippen molar-refractivity contribution in [3.8, 4) is 5.75 Å². The fourth-order valence-corrected chi connectivity index (χ4v) is 2.57. The van der Waals surface area contributed by atoms with Gasteiger partial charge >= 0.3 is 5.97 Å². The van der Waals surface area contributed by atoms with Gasteiger partial charge in [-0.15, -0.1) is 11.3 Å². The molecule has 0 aliphatic rings. The molecule has 21 heavy (non-hydrogen) atoms. The molecule has 0 bridgehead atoms. The summed E-state index contributed by atoms with van der Waals surface area (Å²) in [5.74, 6) is 0.203. The Morgan fingerprint density at radius 1 is 1.10 bits per heavy atom. The fraction of sp³-hybridized carbons (Fsp3) is 0.200. The third-order valence-electron chi connectivity index (χ3n) is 2.78. The molecule has 0 unspecified atom stereocenters. The zero-order chi connectivity index (χ0) is 15.2. The first-order chi connectivity index (χ1) is 10.1. The standard InChI is InChI=1S/C15H15NO4S/c1-19-11-5-3-10(4-6-11)9-13(17)16-14-8-7-12(21-14)15(18)20-2/h3-8H,9H2,1-2H3,(H,16,17). The van der Waals surface area contributed by atoms with E-state index in [1.165, 1.54) is 18.4 Å². The van der Waals surface area contributed by atoms with Crippen molar-refractivity contribution in [1.82, 2.24) is 0 Å². The van der Waals surface area contributed by atoms with E-state index in [0.717, 1.165) is 11.3 Å². The lowest BCUT2D eigenvalue weighted by molar-refractivity contribution is -0.115. The Bertz CT molecular complexity index is 633. The average Bonchev–Trinajstić information content (AvgIpc) is 2.95. The molecule has 5 nitrogen and oxygen atoms in total. The molecule has 0 radical (unpaired) electrons. The topological polar surface area (TPSA) is 64.6 Å². The largest absolute Gasteiger partial charge is 0.497 e. The number of anilines is 1. The van der Waals surface area contributed by atoms with Gasteiger partial charge in [-0.1, -0.05) is 12.1 Å². The van der Waals surface area contributed by atoms with Crippen molar-refractivity contribution in [3.05, 3.63) is 46.8 Å². The average molecular weight is 305 g/mol. The SMILES string of the molecule is COC(=O)c1ccc(NC(=O)Cc2ccc(OC)cc2)s1. The molecule has 0 aliphatic carbocycles. The summed E-state index contributed by atoms with van der Waals surface area (Å²) in [7, 11) is 2.92. The first-order valence-electron chi connectivity index (χ1n) is 6.23. The van der Waals surface area contributed by atoms with Crippen molar-refractivity contribution >= 4 is 28.2 Å². The summed E-state index contributed by atoms with van der Waals surface area (Å²) in [6.07, 6.45) is 0.259. The van der Waals surface area contributed by atoms with Gasteiger partial charge in [0.05, 0.1) is 25.6 Å². The fourth-order valence-electron chi connectivity index (χ4n) is 1.73. The molecule has 0 saturated carbocycles. The van der Waals surface area contributed by atoms with Crippen LogP contribution >= 0.6 is 11.3 Å². The van der Waals surface area contributed by atoms with Gasteiger partial charge < -0.3 is 14.8 Å². The van der Waals surface area contributed by atoms with Crippen molar-refractivity contribution in [2.45, 2.75) is 6.42 Å². The number of hydrogen-bond acceptors (Lipinski definition) is 5. The number of carbonyl (C=O) groups excluding carboxylic acids is 2. The third-order valence-corrected chi connectivity index (χ3v) is 3.76. The molecule has 0 atom stereocenters. The summed E-state index contributed by atoms with van der Waals surface area (Å²) in [5, 5.41) is 3.38. The van der Waals surface area contributed by atoms with Gasteiger partial charge in [0, 0.05) is 0 Å². The number of thiophene rings is 1. The molecule has 2 rings (SSSR count). The van der Waals surface area contributed by atoms with Crippen LogP contribution in [0.1, 0.15) is 15.2 Å². The van der Waals surface area contributed by atoms with E-state index in [2.05, 4.69) is 10.1 Å².